The van der Waals surface area contributed by atoms with Crippen LogP contribution in [0.4, 0.5) is 0 Å². The Labute approximate surface area is 102 Å². The molecular formula is C11H20ClN3O. The lowest BCUT2D eigenvalue weighted by molar-refractivity contribution is 0.128. The fraction of sp³-hybridized carbons (Fsp3) is 0.727. The molecule has 0 bridgehead atoms. The Hall–Kier alpha value is -0.580. The summed E-state index contributed by atoms with van der Waals surface area (Å²) >= 11 is 0. The zero-order chi connectivity index (χ0) is 10.7. The van der Waals surface area contributed by atoms with Crippen molar-refractivity contribution in [3.63, 3.8) is 0 Å². The van der Waals surface area contributed by atoms with Crippen LogP contribution in [0.5, 0.6) is 0 Å². The van der Waals surface area contributed by atoms with Crippen LogP contribution in [0, 0.1) is 0 Å². The quantitative estimate of drug-likeness (QED) is 0.821. The van der Waals surface area contributed by atoms with E-state index in [4.69, 9.17) is 5.11 Å². The molecule has 1 fully saturated rings. The lowest BCUT2D eigenvalue weighted by atomic mass is 9.74. The SMILES string of the molecule is Cl.Cn1ccnc1CNC1(CCO)CCC1. The molecule has 2 rings (SSSR count). The monoisotopic (exact) mass is 245 g/mol. The Kier molecular flexibility index (Phi) is 4.77. The van der Waals surface area contributed by atoms with Crippen LogP contribution in [-0.4, -0.2) is 26.8 Å². The summed E-state index contributed by atoms with van der Waals surface area (Å²) in [5.74, 6) is 1.05. The second kappa shape index (κ2) is 5.66. The number of hydrogen-bond acceptors (Lipinski definition) is 3. The van der Waals surface area contributed by atoms with Crippen LogP contribution in [0.2, 0.25) is 0 Å². The van der Waals surface area contributed by atoms with Gasteiger partial charge >= 0.3 is 0 Å². The number of hydrogen-bond donors (Lipinski definition) is 2. The fourth-order valence-electron chi connectivity index (χ4n) is 2.17. The van der Waals surface area contributed by atoms with Crippen LogP contribution in [0.25, 0.3) is 0 Å². The molecule has 92 valence electrons. The predicted octanol–water partition coefficient (Wildman–Crippen LogP) is 1.24. The third-order valence-corrected chi connectivity index (χ3v) is 3.44. The molecule has 0 atom stereocenters. The number of halogens is 1. The van der Waals surface area contributed by atoms with Crippen LogP contribution < -0.4 is 5.32 Å². The minimum absolute atomic E-state index is 0. The summed E-state index contributed by atoms with van der Waals surface area (Å²) < 4.78 is 2.03. The first-order valence-corrected chi connectivity index (χ1v) is 5.58. The Morgan fingerprint density at radius 1 is 1.56 bits per heavy atom. The molecule has 2 N–H and O–H groups in total. The summed E-state index contributed by atoms with van der Waals surface area (Å²) in [6, 6.07) is 0. The standard InChI is InChI=1S/C11H19N3O.ClH/c1-14-7-6-12-10(14)9-13-11(5-8-15)3-2-4-11;/h6-7,13,15H,2-5,8-9H2,1H3;1H. The molecule has 1 aliphatic rings. The van der Waals surface area contributed by atoms with Gasteiger partial charge in [0, 0.05) is 31.6 Å². The lowest BCUT2D eigenvalue weighted by Gasteiger charge is -2.42. The first-order valence-electron chi connectivity index (χ1n) is 5.58. The van der Waals surface area contributed by atoms with Crippen LogP contribution >= 0.6 is 12.4 Å². The van der Waals surface area contributed by atoms with Gasteiger partial charge < -0.3 is 15.0 Å². The normalized spacial score (nSPS) is 17.6. The maximum atomic E-state index is 9.02. The highest BCUT2D eigenvalue weighted by molar-refractivity contribution is 5.85. The van der Waals surface area contributed by atoms with E-state index in [0.29, 0.717) is 0 Å². The predicted molar refractivity (Wildman–Crippen MR) is 65.6 cm³/mol. The summed E-state index contributed by atoms with van der Waals surface area (Å²) in [6.45, 7) is 1.07. The summed E-state index contributed by atoms with van der Waals surface area (Å²) in [7, 11) is 2.00. The van der Waals surface area contributed by atoms with Gasteiger partial charge in [0.15, 0.2) is 0 Å². The van der Waals surface area contributed by atoms with E-state index < -0.39 is 0 Å². The molecule has 1 aromatic heterocycles. The smallest absolute Gasteiger partial charge is 0.122 e. The molecule has 0 radical (unpaired) electrons. The van der Waals surface area contributed by atoms with E-state index in [0.717, 1.165) is 18.8 Å². The van der Waals surface area contributed by atoms with E-state index >= 15 is 0 Å². The summed E-state index contributed by atoms with van der Waals surface area (Å²) in [5, 5.41) is 12.6. The second-order valence-corrected chi connectivity index (χ2v) is 4.42. The van der Waals surface area contributed by atoms with Crippen molar-refractivity contribution in [2.24, 2.45) is 7.05 Å². The molecule has 0 aromatic carbocycles. The molecule has 1 saturated carbocycles. The molecule has 16 heavy (non-hydrogen) atoms. The van der Waals surface area contributed by atoms with Crippen molar-refractivity contribution in [2.45, 2.75) is 37.8 Å². The fourth-order valence-corrected chi connectivity index (χ4v) is 2.17. The van der Waals surface area contributed by atoms with Crippen LogP contribution in [0.1, 0.15) is 31.5 Å². The van der Waals surface area contributed by atoms with Crippen LogP contribution in [-0.2, 0) is 13.6 Å². The van der Waals surface area contributed by atoms with E-state index in [-0.39, 0.29) is 24.6 Å². The number of aliphatic hydroxyl groups excluding tert-OH is 1. The number of imidazole rings is 1. The van der Waals surface area contributed by atoms with Crippen molar-refractivity contribution in [3.8, 4) is 0 Å². The Bertz CT molecular complexity index is 323. The molecule has 5 heteroatoms. The van der Waals surface area contributed by atoms with E-state index in [1.165, 1.54) is 19.3 Å². The minimum atomic E-state index is 0. The van der Waals surface area contributed by atoms with Gasteiger partial charge in [-0.15, -0.1) is 12.4 Å². The van der Waals surface area contributed by atoms with Crippen LogP contribution in [0.15, 0.2) is 12.4 Å². The van der Waals surface area contributed by atoms with Crippen molar-refractivity contribution >= 4 is 12.4 Å². The lowest BCUT2D eigenvalue weighted by Crippen LogP contribution is -2.51. The minimum Gasteiger partial charge on any atom is -0.396 e. The van der Waals surface area contributed by atoms with Crippen molar-refractivity contribution < 1.29 is 5.11 Å². The van der Waals surface area contributed by atoms with E-state index in [1.807, 2.05) is 24.0 Å². The molecule has 1 aromatic rings. The molecule has 0 amide bonds. The summed E-state index contributed by atoms with van der Waals surface area (Å²) in [6.07, 6.45) is 8.26. The highest BCUT2D eigenvalue weighted by Crippen LogP contribution is 2.34. The van der Waals surface area contributed by atoms with E-state index in [9.17, 15) is 0 Å². The van der Waals surface area contributed by atoms with E-state index in [1.54, 1.807) is 0 Å². The molecule has 1 heterocycles. The number of rotatable bonds is 5. The van der Waals surface area contributed by atoms with Crippen molar-refractivity contribution in [2.75, 3.05) is 6.61 Å². The first-order chi connectivity index (χ1) is 7.26. The number of aliphatic hydroxyl groups is 1. The first kappa shape index (κ1) is 13.5. The van der Waals surface area contributed by atoms with Crippen molar-refractivity contribution in [1.82, 2.24) is 14.9 Å². The summed E-state index contributed by atoms with van der Waals surface area (Å²) in [5.41, 5.74) is 0.181. The maximum absolute atomic E-state index is 9.02. The Morgan fingerprint density at radius 3 is 2.75 bits per heavy atom. The van der Waals surface area contributed by atoms with Crippen LogP contribution in [0.3, 0.4) is 0 Å². The van der Waals surface area contributed by atoms with Crippen molar-refractivity contribution in [1.29, 1.82) is 0 Å². The van der Waals surface area contributed by atoms with Gasteiger partial charge in [-0.2, -0.15) is 0 Å². The summed E-state index contributed by atoms with van der Waals surface area (Å²) in [4.78, 5) is 4.28. The van der Waals surface area contributed by atoms with Gasteiger partial charge in [-0.1, -0.05) is 0 Å². The average Bonchev–Trinajstić information content (AvgIpc) is 2.56. The zero-order valence-electron chi connectivity index (χ0n) is 9.65. The Morgan fingerprint density at radius 2 is 2.31 bits per heavy atom. The van der Waals surface area contributed by atoms with Gasteiger partial charge in [0.25, 0.3) is 0 Å². The molecule has 0 saturated heterocycles. The van der Waals surface area contributed by atoms with Gasteiger partial charge in [0.1, 0.15) is 5.82 Å². The van der Waals surface area contributed by atoms with Crippen molar-refractivity contribution in [3.05, 3.63) is 18.2 Å². The van der Waals surface area contributed by atoms with Gasteiger partial charge in [-0.3, -0.25) is 0 Å². The molecule has 0 aliphatic heterocycles. The maximum Gasteiger partial charge on any atom is 0.122 e. The molecule has 4 nitrogen and oxygen atoms in total. The zero-order valence-corrected chi connectivity index (χ0v) is 10.5. The van der Waals surface area contributed by atoms with Gasteiger partial charge in [-0.25, -0.2) is 4.98 Å². The number of aromatic nitrogens is 2. The van der Waals surface area contributed by atoms with E-state index in [2.05, 4.69) is 10.3 Å². The van der Waals surface area contributed by atoms with Gasteiger partial charge in [-0.05, 0) is 25.7 Å². The second-order valence-electron chi connectivity index (χ2n) is 4.42. The van der Waals surface area contributed by atoms with Gasteiger partial charge in [0.05, 0.1) is 6.54 Å². The molecule has 0 spiro atoms. The molecule has 0 unspecified atom stereocenters. The molecular weight excluding hydrogens is 226 g/mol. The average molecular weight is 246 g/mol. The topological polar surface area (TPSA) is 50.1 Å². The van der Waals surface area contributed by atoms with Gasteiger partial charge in [0.2, 0.25) is 0 Å². The number of nitrogens with one attached hydrogen (secondary N) is 1. The number of nitrogens with zero attached hydrogens (tertiary/aromatic N) is 2. The Balaban J connectivity index is 0.00000128. The largest absolute Gasteiger partial charge is 0.396 e. The molecule has 1 aliphatic carbocycles. The third kappa shape index (κ3) is 2.75. The number of aryl methyl sites for hydroxylation is 1. The third-order valence-electron chi connectivity index (χ3n) is 3.44. The highest BCUT2D eigenvalue weighted by atomic mass is 35.5. The highest BCUT2D eigenvalue weighted by Gasteiger charge is 2.35.